The second-order valence-electron chi connectivity index (χ2n) is 13.9. The van der Waals surface area contributed by atoms with Gasteiger partial charge in [-0.25, -0.2) is 0 Å². The summed E-state index contributed by atoms with van der Waals surface area (Å²) in [7, 11) is 0. The zero-order chi connectivity index (χ0) is 23.3. The summed E-state index contributed by atoms with van der Waals surface area (Å²) in [6.07, 6.45) is 11.8. The van der Waals surface area contributed by atoms with Crippen LogP contribution in [0.25, 0.3) is 0 Å². The van der Waals surface area contributed by atoms with Gasteiger partial charge in [-0.1, -0.05) is 53.2 Å². The van der Waals surface area contributed by atoms with Gasteiger partial charge in [0.05, 0.1) is 11.5 Å². The summed E-state index contributed by atoms with van der Waals surface area (Å²) in [6.45, 7) is 14.4. The van der Waals surface area contributed by atoms with E-state index in [1.807, 2.05) is 0 Å². The molecule has 3 nitrogen and oxygen atoms in total. The lowest BCUT2D eigenvalue weighted by molar-refractivity contribution is -0.189. The van der Waals surface area contributed by atoms with E-state index >= 15 is 0 Å². The van der Waals surface area contributed by atoms with E-state index in [0.717, 1.165) is 44.9 Å². The Bertz CT molecular complexity index is 828. The van der Waals surface area contributed by atoms with Crippen LogP contribution in [-0.4, -0.2) is 22.3 Å². The Labute approximate surface area is 195 Å². The molecule has 0 aromatic heterocycles. The van der Waals surface area contributed by atoms with Crippen LogP contribution in [0.15, 0.2) is 11.6 Å². The Kier molecular flexibility index (Phi) is 5.08. The highest BCUT2D eigenvalue weighted by molar-refractivity contribution is 5.76. The van der Waals surface area contributed by atoms with Crippen molar-refractivity contribution in [3.63, 3.8) is 0 Å². The number of rotatable bonds is 1. The minimum atomic E-state index is -0.536. The Morgan fingerprint density at radius 3 is 2.25 bits per heavy atom. The van der Waals surface area contributed by atoms with Crippen molar-refractivity contribution in [2.24, 2.45) is 57.2 Å². The summed E-state index contributed by atoms with van der Waals surface area (Å²) >= 11 is 0. The topological polar surface area (TPSA) is 57.5 Å². The predicted molar refractivity (Wildman–Crippen MR) is 128 cm³/mol. The van der Waals surface area contributed by atoms with E-state index in [1.165, 1.54) is 18.4 Å². The molecule has 4 saturated carbocycles. The molecule has 3 heteroatoms. The fraction of sp³-hybridized carbons (Fsp3) is 0.897. The molecule has 2 N–H and O–H groups in total. The molecule has 5 aliphatic rings. The second kappa shape index (κ2) is 7.09. The van der Waals surface area contributed by atoms with Crippen molar-refractivity contribution in [3.8, 4) is 0 Å². The van der Waals surface area contributed by atoms with Gasteiger partial charge in [0.15, 0.2) is 0 Å². The maximum Gasteiger partial charge on any atom is 0.310 e. The van der Waals surface area contributed by atoms with E-state index < -0.39 is 11.4 Å². The first-order valence-corrected chi connectivity index (χ1v) is 13.5. The summed E-state index contributed by atoms with van der Waals surface area (Å²) in [5.74, 6) is 2.49. The van der Waals surface area contributed by atoms with Gasteiger partial charge in [0.2, 0.25) is 0 Å². The van der Waals surface area contributed by atoms with Crippen molar-refractivity contribution in [2.75, 3.05) is 0 Å². The number of aliphatic carboxylic acids is 1. The number of carbonyl (C=O) groups is 1. The number of hydrogen-bond acceptors (Lipinski definition) is 2. The Hall–Kier alpha value is -0.830. The zero-order valence-corrected chi connectivity index (χ0v) is 21.3. The lowest BCUT2D eigenvalue weighted by Gasteiger charge is -2.68. The fourth-order valence-electron chi connectivity index (χ4n) is 10.5. The van der Waals surface area contributed by atoms with Gasteiger partial charge < -0.3 is 10.2 Å². The lowest BCUT2D eigenvalue weighted by atomic mass is 9.37. The van der Waals surface area contributed by atoms with Crippen LogP contribution in [0.3, 0.4) is 0 Å². The summed E-state index contributed by atoms with van der Waals surface area (Å²) in [5, 5.41) is 21.3. The molecule has 0 heterocycles. The highest BCUT2D eigenvalue weighted by Crippen LogP contribution is 2.72. The van der Waals surface area contributed by atoms with Crippen LogP contribution < -0.4 is 0 Å². The summed E-state index contributed by atoms with van der Waals surface area (Å²) in [6, 6.07) is 0. The number of carboxylic acid groups (broad SMARTS) is 1. The van der Waals surface area contributed by atoms with Crippen molar-refractivity contribution < 1.29 is 15.0 Å². The van der Waals surface area contributed by atoms with Crippen molar-refractivity contribution in [1.29, 1.82) is 0 Å². The Morgan fingerprint density at radius 2 is 1.56 bits per heavy atom. The second-order valence-corrected chi connectivity index (χ2v) is 13.9. The summed E-state index contributed by atoms with van der Waals surface area (Å²) in [4.78, 5) is 12.7. The first-order valence-electron chi connectivity index (χ1n) is 13.5. The largest absolute Gasteiger partial charge is 0.481 e. The van der Waals surface area contributed by atoms with E-state index in [1.54, 1.807) is 0 Å². The Balaban J connectivity index is 1.56. The SMILES string of the molecule is C[C@@H]1CC[C@]2(C(=O)O)CC[C@@H]3C(=CC[C@H]4[C@@]3(C)CC[C@H]3C(C)(C)[C@@H](O)CC[C@]43C)C2[C@H]1C. The van der Waals surface area contributed by atoms with Crippen molar-refractivity contribution in [2.45, 2.75) is 105 Å². The number of hydrogen-bond donors (Lipinski definition) is 2. The first kappa shape index (κ1) is 22.9. The Morgan fingerprint density at radius 1 is 0.906 bits per heavy atom. The van der Waals surface area contributed by atoms with Crippen LogP contribution in [-0.2, 0) is 4.79 Å². The van der Waals surface area contributed by atoms with E-state index in [-0.39, 0.29) is 28.3 Å². The molecular formula is C29H46O3. The van der Waals surface area contributed by atoms with Gasteiger partial charge in [0, 0.05) is 0 Å². The number of aliphatic hydroxyl groups is 1. The molecule has 0 saturated heterocycles. The molecule has 0 amide bonds. The maximum absolute atomic E-state index is 12.7. The first-order chi connectivity index (χ1) is 14.9. The van der Waals surface area contributed by atoms with Gasteiger partial charge in [-0.05, 0) is 110 Å². The average molecular weight is 443 g/mol. The smallest absolute Gasteiger partial charge is 0.310 e. The molecule has 0 bridgehead atoms. The number of fused-ring (bicyclic) bond motifs is 7. The molecule has 0 radical (unpaired) electrons. The molecule has 4 fully saturated rings. The lowest BCUT2D eigenvalue weighted by Crippen LogP contribution is -2.62. The molecule has 10 atom stereocenters. The highest BCUT2D eigenvalue weighted by Gasteiger charge is 2.66. The van der Waals surface area contributed by atoms with Gasteiger partial charge in [0.25, 0.3) is 0 Å². The van der Waals surface area contributed by atoms with Crippen LogP contribution in [0, 0.1) is 57.2 Å². The number of allylic oxidation sites excluding steroid dienone is 2. The van der Waals surface area contributed by atoms with Gasteiger partial charge in [-0.15, -0.1) is 0 Å². The predicted octanol–water partition coefficient (Wildman–Crippen LogP) is 6.70. The summed E-state index contributed by atoms with van der Waals surface area (Å²) < 4.78 is 0. The molecule has 180 valence electrons. The minimum absolute atomic E-state index is 0.0172. The van der Waals surface area contributed by atoms with Crippen LogP contribution in [0.5, 0.6) is 0 Å². The molecule has 32 heavy (non-hydrogen) atoms. The standard InChI is InChI=1S/C29H46O3/c1-17-9-15-29(25(31)32)16-10-20-19(24(29)18(17)2)7-8-22-27(20,5)13-11-21-26(3,4)23(30)12-14-28(21,22)6/h7,17-18,20-24,30H,8-16H2,1-6H3,(H,31,32)/t17-,18+,20-,21+,22+,23+,24?,27+,28+,29+/m1/s1. The van der Waals surface area contributed by atoms with Gasteiger partial charge >= 0.3 is 5.97 Å². The molecule has 5 aliphatic carbocycles. The number of aliphatic hydroxyl groups excluding tert-OH is 1. The molecule has 1 unspecified atom stereocenters. The number of carboxylic acids is 1. The molecule has 0 aliphatic heterocycles. The summed E-state index contributed by atoms with van der Waals surface area (Å²) in [5.41, 5.74) is 1.52. The van der Waals surface area contributed by atoms with Crippen LogP contribution in [0.4, 0.5) is 0 Å². The van der Waals surface area contributed by atoms with Crippen LogP contribution >= 0.6 is 0 Å². The minimum Gasteiger partial charge on any atom is -0.481 e. The molecule has 5 rings (SSSR count). The third-order valence-corrected chi connectivity index (χ3v) is 12.6. The third-order valence-electron chi connectivity index (χ3n) is 12.6. The van der Waals surface area contributed by atoms with E-state index in [9.17, 15) is 15.0 Å². The zero-order valence-electron chi connectivity index (χ0n) is 21.3. The van der Waals surface area contributed by atoms with Crippen molar-refractivity contribution in [1.82, 2.24) is 0 Å². The molecule has 0 aromatic rings. The normalized spacial score (nSPS) is 54.3. The van der Waals surface area contributed by atoms with Crippen LogP contribution in [0.2, 0.25) is 0 Å². The highest BCUT2D eigenvalue weighted by atomic mass is 16.4. The van der Waals surface area contributed by atoms with Gasteiger partial charge in [0.1, 0.15) is 0 Å². The van der Waals surface area contributed by atoms with E-state index in [4.69, 9.17) is 0 Å². The van der Waals surface area contributed by atoms with Crippen LogP contribution in [0.1, 0.15) is 99.3 Å². The fourth-order valence-corrected chi connectivity index (χ4v) is 10.5. The van der Waals surface area contributed by atoms with Crippen molar-refractivity contribution in [3.05, 3.63) is 11.6 Å². The van der Waals surface area contributed by atoms with E-state index in [0.29, 0.717) is 29.6 Å². The molecular weight excluding hydrogens is 396 g/mol. The average Bonchev–Trinajstić information content (AvgIpc) is 2.73. The van der Waals surface area contributed by atoms with E-state index in [2.05, 4.69) is 47.6 Å². The molecule has 0 aromatic carbocycles. The molecule has 0 spiro atoms. The van der Waals surface area contributed by atoms with Crippen molar-refractivity contribution >= 4 is 5.97 Å². The van der Waals surface area contributed by atoms with Gasteiger partial charge in [-0.3, -0.25) is 4.79 Å². The monoisotopic (exact) mass is 442 g/mol. The van der Waals surface area contributed by atoms with Gasteiger partial charge in [-0.2, -0.15) is 0 Å². The quantitative estimate of drug-likeness (QED) is 0.444. The third kappa shape index (κ3) is 2.72. The maximum atomic E-state index is 12.7.